The first-order valence-electron chi connectivity index (χ1n) is 9.07. The number of amides is 1. The Labute approximate surface area is 172 Å². The summed E-state index contributed by atoms with van der Waals surface area (Å²) < 4.78 is 1.18. The van der Waals surface area contributed by atoms with Crippen LogP contribution in [0.1, 0.15) is 11.1 Å². The number of carbonyl (C=O) groups excluding carboxylic acids is 1. The second-order valence-corrected chi connectivity index (χ2v) is 8.55. The molecule has 0 aliphatic carbocycles. The summed E-state index contributed by atoms with van der Waals surface area (Å²) in [5, 5.41) is 3.96. The number of nitrogens with one attached hydrogen (secondary N) is 1. The van der Waals surface area contributed by atoms with E-state index in [4.69, 9.17) is 0 Å². The Morgan fingerprint density at radius 1 is 1.00 bits per heavy atom. The van der Waals surface area contributed by atoms with Crippen LogP contribution in [0.2, 0.25) is 0 Å². The van der Waals surface area contributed by atoms with Gasteiger partial charge in [0.25, 0.3) is 0 Å². The van der Waals surface area contributed by atoms with Crippen molar-refractivity contribution in [2.24, 2.45) is 0 Å². The molecule has 140 valence electrons. The molecule has 0 radical (unpaired) electrons. The maximum atomic E-state index is 12.2. The molecule has 0 unspecified atom stereocenters. The van der Waals surface area contributed by atoms with Crippen molar-refractivity contribution in [1.82, 2.24) is 4.98 Å². The van der Waals surface area contributed by atoms with Crippen LogP contribution >= 0.6 is 23.1 Å². The van der Waals surface area contributed by atoms with Crippen LogP contribution in [-0.2, 0) is 10.5 Å². The number of rotatable bonds is 6. The van der Waals surface area contributed by atoms with Gasteiger partial charge in [-0.25, -0.2) is 4.98 Å². The van der Waals surface area contributed by atoms with E-state index in [9.17, 15) is 4.79 Å². The smallest absolute Gasteiger partial charge is 0.234 e. The molecular weight excluding hydrogens is 384 g/mol. The molecule has 5 heteroatoms. The Kier molecular flexibility index (Phi) is 5.74. The second-order valence-electron chi connectivity index (χ2n) is 6.53. The number of hydrogen-bond acceptors (Lipinski definition) is 4. The van der Waals surface area contributed by atoms with Gasteiger partial charge in [-0.1, -0.05) is 36.4 Å². The zero-order valence-electron chi connectivity index (χ0n) is 15.5. The summed E-state index contributed by atoms with van der Waals surface area (Å²) in [5.74, 6) is 1.30. The number of anilines is 1. The molecule has 0 saturated heterocycles. The fraction of sp³-hybridized carbons (Fsp3) is 0.130. The summed E-state index contributed by atoms with van der Waals surface area (Å²) in [6.45, 7) is 2.10. The maximum Gasteiger partial charge on any atom is 0.234 e. The molecule has 0 bridgehead atoms. The van der Waals surface area contributed by atoms with E-state index in [1.54, 1.807) is 23.1 Å². The van der Waals surface area contributed by atoms with Gasteiger partial charge < -0.3 is 5.32 Å². The number of aryl methyl sites for hydroxylation is 1. The van der Waals surface area contributed by atoms with Crippen LogP contribution in [-0.4, -0.2) is 16.6 Å². The predicted octanol–water partition coefficient (Wildman–Crippen LogP) is 6.14. The first-order valence-corrected chi connectivity index (χ1v) is 11.0. The molecule has 3 nitrogen and oxygen atoms in total. The summed E-state index contributed by atoms with van der Waals surface area (Å²) in [7, 11) is 0. The van der Waals surface area contributed by atoms with Crippen molar-refractivity contribution >= 4 is 44.9 Å². The predicted molar refractivity (Wildman–Crippen MR) is 121 cm³/mol. The molecular formula is C23H20N2OS2. The number of benzene rings is 3. The van der Waals surface area contributed by atoms with Gasteiger partial charge in [0, 0.05) is 17.0 Å². The molecule has 1 N–H and O–H groups in total. The molecule has 0 saturated carbocycles. The average molecular weight is 405 g/mol. The topological polar surface area (TPSA) is 42.0 Å². The van der Waals surface area contributed by atoms with Gasteiger partial charge in [0.1, 0.15) is 5.01 Å². The lowest BCUT2D eigenvalue weighted by Crippen LogP contribution is -2.14. The number of aromatic nitrogens is 1. The molecule has 1 amide bonds. The van der Waals surface area contributed by atoms with E-state index in [1.807, 2.05) is 54.6 Å². The second kappa shape index (κ2) is 8.59. The highest BCUT2D eigenvalue weighted by Crippen LogP contribution is 2.30. The molecule has 4 rings (SSSR count). The van der Waals surface area contributed by atoms with Crippen LogP contribution in [0.5, 0.6) is 0 Å². The van der Waals surface area contributed by atoms with Gasteiger partial charge >= 0.3 is 0 Å². The number of thiazole rings is 1. The molecule has 1 aromatic heterocycles. The highest BCUT2D eigenvalue weighted by atomic mass is 32.2. The molecule has 28 heavy (non-hydrogen) atoms. The van der Waals surface area contributed by atoms with Gasteiger partial charge in [-0.3, -0.25) is 4.79 Å². The summed E-state index contributed by atoms with van der Waals surface area (Å²) in [6.07, 6.45) is 0. The first kappa shape index (κ1) is 18.7. The molecule has 1 heterocycles. The normalized spacial score (nSPS) is 10.9. The SMILES string of the molecule is Cc1ccccc1CSCC(=O)Nc1ccc(-c2nc3ccccc3s2)cc1. The molecule has 3 aromatic carbocycles. The third-order valence-electron chi connectivity index (χ3n) is 4.46. The lowest BCUT2D eigenvalue weighted by molar-refractivity contribution is -0.113. The summed E-state index contributed by atoms with van der Waals surface area (Å²) >= 11 is 3.31. The van der Waals surface area contributed by atoms with Gasteiger partial charge in [-0.15, -0.1) is 23.1 Å². The van der Waals surface area contributed by atoms with Gasteiger partial charge in [0.05, 0.1) is 16.0 Å². The van der Waals surface area contributed by atoms with Gasteiger partial charge in [0.2, 0.25) is 5.91 Å². The van der Waals surface area contributed by atoms with Crippen molar-refractivity contribution < 1.29 is 4.79 Å². The van der Waals surface area contributed by atoms with Gasteiger partial charge in [0.15, 0.2) is 0 Å². The zero-order chi connectivity index (χ0) is 19.3. The van der Waals surface area contributed by atoms with Gasteiger partial charge in [-0.2, -0.15) is 0 Å². The minimum absolute atomic E-state index is 0.0197. The lowest BCUT2D eigenvalue weighted by Gasteiger charge is -2.07. The van der Waals surface area contributed by atoms with Crippen molar-refractivity contribution in [1.29, 1.82) is 0 Å². The van der Waals surface area contributed by atoms with Crippen molar-refractivity contribution in [3.63, 3.8) is 0 Å². The number of fused-ring (bicyclic) bond motifs is 1. The summed E-state index contributed by atoms with van der Waals surface area (Å²) in [6, 6.07) is 24.3. The summed E-state index contributed by atoms with van der Waals surface area (Å²) in [5.41, 5.74) is 5.44. The van der Waals surface area contributed by atoms with Crippen LogP contribution < -0.4 is 5.32 Å². The minimum atomic E-state index is 0.0197. The van der Waals surface area contributed by atoms with Crippen molar-refractivity contribution in [3.8, 4) is 10.6 Å². The molecule has 4 aromatic rings. The van der Waals surface area contributed by atoms with E-state index in [2.05, 4.69) is 35.4 Å². The monoisotopic (exact) mass is 404 g/mol. The molecule has 0 aliphatic heterocycles. The fourth-order valence-electron chi connectivity index (χ4n) is 2.91. The van der Waals surface area contributed by atoms with E-state index < -0.39 is 0 Å². The number of thioether (sulfide) groups is 1. The van der Waals surface area contributed by atoms with Crippen LogP contribution in [0.15, 0.2) is 72.8 Å². The van der Waals surface area contributed by atoms with Crippen LogP contribution in [0.3, 0.4) is 0 Å². The van der Waals surface area contributed by atoms with Crippen LogP contribution in [0, 0.1) is 6.92 Å². The van der Waals surface area contributed by atoms with Crippen LogP contribution in [0.4, 0.5) is 5.69 Å². The van der Waals surface area contributed by atoms with Crippen molar-refractivity contribution in [2.75, 3.05) is 11.1 Å². The van der Waals surface area contributed by atoms with Crippen molar-refractivity contribution in [3.05, 3.63) is 83.9 Å². The number of nitrogens with zero attached hydrogens (tertiary/aromatic N) is 1. The molecule has 0 atom stereocenters. The minimum Gasteiger partial charge on any atom is -0.325 e. The van der Waals surface area contributed by atoms with Gasteiger partial charge in [-0.05, 0) is 54.4 Å². The van der Waals surface area contributed by atoms with Crippen molar-refractivity contribution in [2.45, 2.75) is 12.7 Å². The fourth-order valence-corrected chi connectivity index (χ4v) is 4.79. The quantitative estimate of drug-likeness (QED) is 0.419. The molecule has 0 aliphatic rings. The maximum absolute atomic E-state index is 12.2. The lowest BCUT2D eigenvalue weighted by atomic mass is 10.1. The summed E-state index contributed by atoms with van der Waals surface area (Å²) in [4.78, 5) is 16.9. The Balaban J connectivity index is 1.33. The third-order valence-corrected chi connectivity index (χ3v) is 6.53. The Hall–Kier alpha value is -2.63. The van der Waals surface area contributed by atoms with E-state index in [-0.39, 0.29) is 5.91 Å². The largest absolute Gasteiger partial charge is 0.325 e. The molecule has 0 fully saturated rings. The van der Waals surface area contributed by atoms with E-state index in [0.717, 1.165) is 27.5 Å². The van der Waals surface area contributed by atoms with Crippen LogP contribution in [0.25, 0.3) is 20.8 Å². The van der Waals surface area contributed by atoms with E-state index in [0.29, 0.717) is 5.75 Å². The number of para-hydroxylation sites is 1. The van der Waals surface area contributed by atoms with E-state index >= 15 is 0 Å². The number of hydrogen-bond donors (Lipinski definition) is 1. The number of carbonyl (C=O) groups is 1. The Bertz CT molecular complexity index is 1070. The Morgan fingerprint density at radius 2 is 1.75 bits per heavy atom. The van der Waals surface area contributed by atoms with E-state index in [1.165, 1.54) is 15.8 Å². The average Bonchev–Trinajstić information content (AvgIpc) is 3.14. The zero-order valence-corrected chi connectivity index (χ0v) is 17.1. The third kappa shape index (κ3) is 4.43. The standard InChI is InChI=1S/C23H20N2OS2/c1-16-6-2-3-7-18(16)14-27-15-22(26)24-19-12-10-17(11-13-19)23-25-20-8-4-5-9-21(20)28-23/h2-13H,14-15H2,1H3,(H,24,26). The first-order chi connectivity index (χ1) is 13.7. The highest BCUT2D eigenvalue weighted by Gasteiger charge is 2.07. The highest BCUT2D eigenvalue weighted by molar-refractivity contribution is 7.99. The molecule has 0 spiro atoms. The Morgan fingerprint density at radius 3 is 2.54 bits per heavy atom.